The van der Waals surface area contributed by atoms with Gasteiger partial charge < -0.3 is 18.9 Å². The number of alkyl halides is 6. The van der Waals surface area contributed by atoms with E-state index in [2.05, 4.69) is 10.4 Å². The average Bonchev–Trinajstić information content (AvgIpc) is 3.73. The number of hydrogen-bond acceptors (Lipinski definition) is 9. The number of carbonyl (C=O) groups is 4. The number of hydrogen-bond donors (Lipinski definition) is 1. The van der Waals surface area contributed by atoms with Crippen molar-refractivity contribution in [3.05, 3.63) is 117 Å². The fraction of sp³-hybridized carbons (Fsp3) is 0.279. The first-order chi connectivity index (χ1) is 29.4. The van der Waals surface area contributed by atoms with Crippen LogP contribution in [-0.4, -0.2) is 70.8 Å². The van der Waals surface area contributed by atoms with E-state index >= 15 is 0 Å². The third-order valence-electron chi connectivity index (χ3n) is 10.2. The number of aryl methyl sites for hydroxylation is 1. The smallest absolute Gasteiger partial charge is 0.435 e. The van der Waals surface area contributed by atoms with Gasteiger partial charge in [0.05, 0.1) is 40.6 Å². The van der Waals surface area contributed by atoms with Crippen LogP contribution in [0.2, 0.25) is 5.02 Å². The highest BCUT2D eigenvalue weighted by Crippen LogP contribution is 2.44. The van der Waals surface area contributed by atoms with Crippen LogP contribution < -0.4 is 19.5 Å². The fourth-order valence-corrected chi connectivity index (χ4v) is 7.40. The molecule has 324 valence electrons. The number of benzene rings is 4. The van der Waals surface area contributed by atoms with Crippen molar-refractivity contribution in [1.82, 2.24) is 20.0 Å². The molecule has 3 heterocycles. The molecule has 2 aliphatic heterocycles. The standard InChI is InChI=1S/C43H35ClF6N4O8/c1-23-27(32-21-35(43(48,49)50)52-53(32)2)11-14-34(37(23)25-8-12-30(44)29(20-25)42(45,46)47)62-22-24-6-9-26(10-7-24)60-18-16-59-17-19-61-33-5-3-4-28-38(33)41(58)54(40(28)57)31-13-15-36(55)51-39(31)56/h3-12,14,20-21,31H,13,15-19,22H2,1-2H3,(H,51,55,56). The maximum absolute atomic E-state index is 13.9. The van der Waals surface area contributed by atoms with Crippen molar-refractivity contribution >= 4 is 35.2 Å². The number of aromatic nitrogens is 2. The zero-order valence-corrected chi connectivity index (χ0v) is 33.5. The monoisotopic (exact) mass is 884 g/mol. The van der Waals surface area contributed by atoms with Gasteiger partial charge in [0, 0.05) is 24.6 Å². The van der Waals surface area contributed by atoms with E-state index in [4.69, 9.17) is 30.5 Å². The maximum atomic E-state index is 13.9. The highest BCUT2D eigenvalue weighted by Gasteiger charge is 2.46. The second-order valence-electron chi connectivity index (χ2n) is 14.2. The predicted octanol–water partition coefficient (Wildman–Crippen LogP) is 8.21. The van der Waals surface area contributed by atoms with Crippen molar-refractivity contribution in [3.63, 3.8) is 0 Å². The SMILES string of the molecule is Cc1c(-c2cc(C(F)(F)F)nn2C)ccc(OCc2ccc(OCCOCCOc3cccc4c3C(=O)N(C3CCC(=O)NC3=O)C4=O)cc2)c1-c1ccc(Cl)c(C(F)(F)F)c1. The second-order valence-corrected chi connectivity index (χ2v) is 14.6. The molecule has 1 aromatic heterocycles. The van der Waals surface area contributed by atoms with Crippen LogP contribution in [0, 0.1) is 6.92 Å². The molecule has 1 N–H and O–H groups in total. The number of piperidine rings is 1. The summed E-state index contributed by atoms with van der Waals surface area (Å²) in [5, 5.41) is 5.22. The Bertz CT molecular complexity index is 2560. The molecule has 7 rings (SSSR count). The van der Waals surface area contributed by atoms with Gasteiger partial charge in [0.15, 0.2) is 5.69 Å². The maximum Gasteiger partial charge on any atom is 0.435 e. The molecular formula is C43H35ClF6N4O8. The van der Waals surface area contributed by atoms with Crippen LogP contribution in [0.15, 0.2) is 78.9 Å². The summed E-state index contributed by atoms with van der Waals surface area (Å²) in [7, 11) is 1.34. The number of nitrogens with one attached hydrogen (secondary N) is 1. The van der Waals surface area contributed by atoms with Gasteiger partial charge in [-0.3, -0.25) is 34.1 Å². The summed E-state index contributed by atoms with van der Waals surface area (Å²) >= 11 is 5.90. The number of ether oxygens (including phenoxy) is 4. The summed E-state index contributed by atoms with van der Waals surface area (Å²) in [5.41, 5.74) is -0.382. The van der Waals surface area contributed by atoms with Crippen molar-refractivity contribution in [2.45, 2.75) is 44.8 Å². The molecule has 1 atom stereocenters. The summed E-state index contributed by atoms with van der Waals surface area (Å²) in [6.07, 6.45) is -9.47. The lowest BCUT2D eigenvalue weighted by atomic mass is 9.92. The Labute approximate surface area is 354 Å². The van der Waals surface area contributed by atoms with Crippen molar-refractivity contribution in [1.29, 1.82) is 0 Å². The quantitative estimate of drug-likeness (QED) is 0.0665. The minimum absolute atomic E-state index is 0.00110. The third kappa shape index (κ3) is 9.11. The van der Waals surface area contributed by atoms with Crippen molar-refractivity contribution in [2.75, 3.05) is 26.4 Å². The van der Waals surface area contributed by atoms with Crippen molar-refractivity contribution < 1.29 is 64.5 Å². The number of rotatable bonds is 14. The van der Waals surface area contributed by atoms with Crippen LogP contribution in [0.5, 0.6) is 17.2 Å². The molecular weight excluding hydrogens is 850 g/mol. The normalized spacial score (nSPS) is 15.5. The van der Waals surface area contributed by atoms with E-state index < -0.39 is 58.3 Å². The number of fused-ring (bicyclic) bond motifs is 1. The van der Waals surface area contributed by atoms with E-state index in [9.17, 15) is 45.5 Å². The molecule has 0 aliphatic carbocycles. The van der Waals surface area contributed by atoms with Crippen LogP contribution in [0.4, 0.5) is 26.3 Å². The molecule has 0 bridgehead atoms. The van der Waals surface area contributed by atoms with Crippen LogP contribution in [0.3, 0.4) is 0 Å². The van der Waals surface area contributed by atoms with Gasteiger partial charge in [-0.1, -0.05) is 35.9 Å². The van der Waals surface area contributed by atoms with E-state index in [0.717, 1.165) is 27.8 Å². The topological polar surface area (TPSA) is 138 Å². The number of amides is 4. The summed E-state index contributed by atoms with van der Waals surface area (Å²) in [5.74, 6) is -1.71. The zero-order valence-electron chi connectivity index (χ0n) is 32.8. The molecule has 4 amide bonds. The lowest BCUT2D eigenvalue weighted by Crippen LogP contribution is -2.54. The zero-order chi connectivity index (χ0) is 44.5. The largest absolute Gasteiger partial charge is 0.491 e. The molecule has 12 nitrogen and oxygen atoms in total. The Morgan fingerprint density at radius 3 is 2.16 bits per heavy atom. The number of imide groups is 2. The first-order valence-electron chi connectivity index (χ1n) is 18.9. The predicted molar refractivity (Wildman–Crippen MR) is 210 cm³/mol. The summed E-state index contributed by atoms with van der Waals surface area (Å²) in [4.78, 5) is 51.1. The van der Waals surface area contributed by atoms with Gasteiger partial charge in [-0.2, -0.15) is 31.4 Å². The Balaban J connectivity index is 0.944. The molecule has 19 heteroatoms. The number of halogens is 7. The number of carbonyl (C=O) groups excluding carboxylic acids is 4. The molecule has 2 aliphatic rings. The Kier molecular flexibility index (Phi) is 12.3. The van der Waals surface area contributed by atoms with Gasteiger partial charge in [0.1, 0.15) is 43.1 Å². The molecule has 4 aromatic carbocycles. The Morgan fingerprint density at radius 2 is 1.48 bits per heavy atom. The molecule has 0 saturated carbocycles. The molecule has 1 saturated heterocycles. The molecule has 0 spiro atoms. The van der Waals surface area contributed by atoms with E-state index in [1.54, 1.807) is 37.3 Å². The third-order valence-corrected chi connectivity index (χ3v) is 10.5. The van der Waals surface area contributed by atoms with Gasteiger partial charge >= 0.3 is 12.4 Å². The first-order valence-corrected chi connectivity index (χ1v) is 19.3. The van der Waals surface area contributed by atoms with Gasteiger partial charge in [-0.05, 0) is 84.6 Å². The van der Waals surface area contributed by atoms with Gasteiger partial charge in [0.25, 0.3) is 11.8 Å². The molecule has 0 radical (unpaired) electrons. The summed E-state index contributed by atoms with van der Waals surface area (Å²) in [6.45, 7) is 1.99. The highest BCUT2D eigenvalue weighted by atomic mass is 35.5. The molecule has 1 unspecified atom stereocenters. The molecule has 62 heavy (non-hydrogen) atoms. The first kappa shape index (κ1) is 43.7. The van der Waals surface area contributed by atoms with Gasteiger partial charge in [-0.15, -0.1) is 0 Å². The lowest BCUT2D eigenvalue weighted by Gasteiger charge is -2.27. The van der Waals surface area contributed by atoms with Gasteiger partial charge in [0.2, 0.25) is 11.8 Å². The second kappa shape index (κ2) is 17.5. The average molecular weight is 885 g/mol. The van der Waals surface area contributed by atoms with E-state index in [-0.39, 0.29) is 85.3 Å². The van der Waals surface area contributed by atoms with Crippen LogP contribution in [0.1, 0.15) is 55.9 Å². The van der Waals surface area contributed by atoms with Crippen molar-refractivity contribution in [2.24, 2.45) is 7.05 Å². The van der Waals surface area contributed by atoms with Crippen LogP contribution >= 0.6 is 11.6 Å². The fourth-order valence-electron chi connectivity index (χ4n) is 7.18. The van der Waals surface area contributed by atoms with Crippen LogP contribution in [0.25, 0.3) is 22.4 Å². The Hall–Kier alpha value is -6.40. The molecule has 5 aromatic rings. The molecule has 1 fully saturated rings. The van der Waals surface area contributed by atoms with Crippen LogP contribution in [-0.2, 0) is 40.3 Å². The minimum atomic E-state index is -4.78. The lowest BCUT2D eigenvalue weighted by molar-refractivity contribution is -0.141. The Morgan fingerprint density at radius 1 is 0.774 bits per heavy atom. The number of nitrogens with zero attached hydrogens (tertiary/aromatic N) is 3. The van der Waals surface area contributed by atoms with Gasteiger partial charge in [-0.25, -0.2) is 0 Å². The summed E-state index contributed by atoms with van der Waals surface area (Å²) < 4.78 is 107. The van der Waals surface area contributed by atoms with E-state index in [1.165, 1.54) is 37.4 Å². The highest BCUT2D eigenvalue weighted by molar-refractivity contribution is 6.31. The van der Waals surface area contributed by atoms with Crippen molar-refractivity contribution in [3.8, 4) is 39.6 Å². The summed E-state index contributed by atoms with van der Waals surface area (Å²) in [6, 6.07) is 17.5. The minimum Gasteiger partial charge on any atom is -0.491 e. The van der Waals surface area contributed by atoms with E-state index in [0.29, 0.717) is 22.4 Å². The van der Waals surface area contributed by atoms with E-state index in [1.807, 2.05) is 0 Å².